The van der Waals surface area contributed by atoms with Gasteiger partial charge in [0.1, 0.15) is 13.2 Å². The second kappa shape index (κ2) is 5.90. The molecule has 0 spiro atoms. The predicted octanol–water partition coefficient (Wildman–Crippen LogP) is 4.31. The Labute approximate surface area is 129 Å². The van der Waals surface area contributed by atoms with Crippen LogP contribution < -0.4 is 15.2 Å². The lowest BCUT2D eigenvalue weighted by molar-refractivity contribution is 0.171. The first-order valence-corrected chi connectivity index (χ1v) is 7.92. The zero-order valence-electron chi connectivity index (χ0n) is 12.3. The van der Waals surface area contributed by atoms with Crippen molar-refractivity contribution in [3.05, 3.63) is 42.0 Å². The third kappa shape index (κ3) is 3.10. The maximum absolute atomic E-state index is 6.11. The Morgan fingerprint density at radius 2 is 1.62 bits per heavy atom. The summed E-state index contributed by atoms with van der Waals surface area (Å²) in [7, 11) is 0. The van der Waals surface area contributed by atoms with Gasteiger partial charge in [0.2, 0.25) is 0 Å². The molecule has 0 bridgehead atoms. The molecule has 3 nitrogen and oxygen atoms in total. The number of ether oxygens (including phenoxy) is 2. The standard InChI is InChI=1S/C17H19NO2S/c1-11(2)12-3-5-13(6-4-12)21-17-10-16-15(9-14(17)18)19-7-8-20-16/h3-6,9-11H,7-8,18H2,1-2H3. The molecule has 0 atom stereocenters. The van der Waals surface area contributed by atoms with Crippen molar-refractivity contribution in [1.82, 2.24) is 0 Å². The van der Waals surface area contributed by atoms with Crippen LogP contribution in [-0.2, 0) is 0 Å². The molecule has 1 aliphatic rings. The van der Waals surface area contributed by atoms with E-state index in [1.165, 1.54) is 10.5 Å². The summed E-state index contributed by atoms with van der Waals surface area (Å²) in [5, 5.41) is 0. The van der Waals surface area contributed by atoms with E-state index in [2.05, 4.69) is 38.1 Å². The SMILES string of the molecule is CC(C)c1ccc(Sc2cc3c(cc2N)OCCO3)cc1. The maximum Gasteiger partial charge on any atom is 0.163 e. The third-order valence-corrected chi connectivity index (χ3v) is 4.53. The summed E-state index contributed by atoms with van der Waals surface area (Å²) < 4.78 is 11.2. The monoisotopic (exact) mass is 301 g/mol. The van der Waals surface area contributed by atoms with Crippen LogP contribution in [0.1, 0.15) is 25.3 Å². The molecule has 0 saturated heterocycles. The highest BCUT2D eigenvalue weighted by Gasteiger charge is 2.15. The maximum atomic E-state index is 6.11. The molecular formula is C17H19NO2S. The first kappa shape index (κ1) is 14.1. The van der Waals surface area contributed by atoms with Crippen molar-refractivity contribution < 1.29 is 9.47 Å². The van der Waals surface area contributed by atoms with Crippen LogP contribution in [0.3, 0.4) is 0 Å². The van der Waals surface area contributed by atoms with Gasteiger partial charge in [0.05, 0.1) is 0 Å². The van der Waals surface area contributed by atoms with Gasteiger partial charge in [0, 0.05) is 27.6 Å². The third-order valence-electron chi connectivity index (χ3n) is 3.45. The molecule has 0 amide bonds. The average molecular weight is 301 g/mol. The number of rotatable bonds is 3. The van der Waals surface area contributed by atoms with Crippen molar-refractivity contribution in [2.24, 2.45) is 0 Å². The molecule has 0 aromatic heterocycles. The van der Waals surface area contributed by atoms with E-state index >= 15 is 0 Å². The number of hydrogen-bond acceptors (Lipinski definition) is 4. The summed E-state index contributed by atoms with van der Waals surface area (Å²) in [4.78, 5) is 2.17. The number of fused-ring (bicyclic) bond motifs is 1. The highest BCUT2D eigenvalue weighted by Crippen LogP contribution is 2.41. The normalized spacial score (nSPS) is 13.5. The quantitative estimate of drug-likeness (QED) is 0.858. The number of nitrogen functional groups attached to an aromatic ring is 1. The van der Waals surface area contributed by atoms with E-state index in [9.17, 15) is 0 Å². The van der Waals surface area contributed by atoms with E-state index in [1.54, 1.807) is 11.8 Å². The minimum Gasteiger partial charge on any atom is -0.486 e. The Kier molecular flexibility index (Phi) is 3.97. The Hall–Kier alpha value is -1.81. The first-order chi connectivity index (χ1) is 10.1. The molecule has 2 aromatic rings. The van der Waals surface area contributed by atoms with Crippen LogP contribution in [0, 0.1) is 0 Å². The molecule has 1 aliphatic heterocycles. The lowest BCUT2D eigenvalue weighted by Crippen LogP contribution is -2.15. The Bertz CT molecular complexity index is 638. The molecule has 0 unspecified atom stereocenters. The Morgan fingerprint density at radius 1 is 1.00 bits per heavy atom. The minimum atomic E-state index is 0.545. The second-order valence-electron chi connectivity index (χ2n) is 5.36. The van der Waals surface area contributed by atoms with E-state index in [0.717, 1.165) is 22.1 Å². The smallest absolute Gasteiger partial charge is 0.163 e. The summed E-state index contributed by atoms with van der Waals surface area (Å²) in [6, 6.07) is 12.4. The highest BCUT2D eigenvalue weighted by atomic mass is 32.2. The average Bonchev–Trinajstić information content (AvgIpc) is 2.48. The molecule has 110 valence electrons. The van der Waals surface area contributed by atoms with Crippen LogP contribution in [0.2, 0.25) is 0 Å². The summed E-state index contributed by atoms with van der Waals surface area (Å²) in [6.45, 7) is 5.56. The van der Waals surface area contributed by atoms with E-state index in [4.69, 9.17) is 15.2 Å². The van der Waals surface area contributed by atoms with Gasteiger partial charge in [-0.05, 0) is 23.6 Å². The van der Waals surface area contributed by atoms with E-state index in [-0.39, 0.29) is 0 Å². The van der Waals surface area contributed by atoms with Crippen molar-refractivity contribution >= 4 is 17.4 Å². The van der Waals surface area contributed by atoms with Gasteiger partial charge in [-0.1, -0.05) is 37.7 Å². The molecule has 0 fully saturated rings. The molecule has 2 aromatic carbocycles. The van der Waals surface area contributed by atoms with Crippen LogP contribution >= 0.6 is 11.8 Å². The number of anilines is 1. The molecule has 0 aliphatic carbocycles. The van der Waals surface area contributed by atoms with Gasteiger partial charge in [-0.2, -0.15) is 0 Å². The van der Waals surface area contributed by atoms with Crippen molar-refractivity contribution in [2.45, 2.75) is 29.6 Å². The zero-order chi connectivity index (χ0) is 14.8. The summed E-state index contributed by atoms with van der Waals surface area (Å²) in [6.07, 6.45) is 0. The Morgan fingerprint density at radius 3 is 2.24 bits per heavy atom. The largest absolute Gasteiger partial charge is 0.486 e. The zero-order valence-corrected chi connectivity index (χ0v) is 13.1. The van der Waals surface area contributed by atoms with Crippen molar-refractivity contribution in [3.8, 4) is 11.5 Å². The number of nitrogens with two attached hydrogens (primary N) is 1. The van der Waals surface area contributed by atoms with Gasteiger partial charge >= 0.3 is 0 Å². The van der Waals surface area contributed by atoms with Crippen LogP contribution in [0.15, 0.2) is 46.2 Å². The van der Waals surface area contributed by atoms with Gasteiger partial charge in [-0.3, -0.25) is 0 Å². The molecule has 2 N–H and O–H groups in total. The second-order valence-corrected chi connectivity index (χ2v) is 6.47. The Balaban J connectivity index is 1.84. The lowest BCUT2D eigenvalue weighted by atomic mass is 10.0. The number of benzene rings is 2. The van der Waals surface area contributed by atoms with Gasteiger partial charge in [-0.25, -0.2) is 0 Å². The van der Waals surface area contributed by atoms with E-state index < -0.39 is 0 Å². The van der Waals surface area contributed by atoms with Crippen LogP contribution in [0.4, 0.5) is 5.69 Å². The fraction of sp³-hybridized carbons (Fsp3) is 0.294. The lowest BCUT2D eigenvalue weighted by Gasteiger charge is -2.20. The molecule has 1 heterocycles. The molecule has 0 radical (unpaired) electrons. The molecule has 21 heavy (non-hydrogen) atoms. The highest BCUT2D eigenvalue weighted by molar-refractivity contribution is 7.99. The van der Waals surface area contributed by atoms with Crippen LogP contribution in [0.25, 0.3) is 0 Å². The van der Waals surface area contributed by atoms with Gasteiger partial charge in [0.15, 0.2) is 11.5 Å². The van der Waals surface area contributed by atoms with Gasteiger partial charge in [0.25, 0.3) is 0 Å². The van der Waals surface area contributed by atoms with E-state index in [0.29, 0.717) is 19.1 Å². The van der Waals surface area contributed by atoms with Crippen LogP contribution in [-0.4, -0.2) is 13.2 Å². The summed E-state index contributed by atoms with van der Waals surface area (Å²) in [5.74, 6) is 2.05. The number of hydrogen-bond donors (Lipinski definition) is 1. The molecule has 3 rings (SSSR count). The topological polar surface area (TPSA) is 44.5 Å². The molecule has 4 heteroatoms. The van der Waals surface area contributed by atoms with Crippen molar-refractivity contribution in [1.29, 1.82) is 0 Å². The first-order valence-electron chi connectivity index (χ1n) is 7.10. The van der Waals surface area contributed by atoms with Crippen LogP contribution in [0.5, 0.6) is 11.5 Å². The van der Waals surface area contributed by atoms with Gasteiger partial charge < -0.3 is 15.2 Å². The summed E-state index contributed by atoms with van der Waals surface area (Å²) >= 11 is 1.65. The fourth-order valence-electron chi connectivity index (χ4n) is 2.22. The summed E-state index contributed by atoms with van der Waals surface area (Å²) in [5.41, 5.74) is 8.18. The molecule has 0 saturated carbocycles. The predicted molar refractivity (Wildman–Crippen MR) is 86.5 cm³/mol. The van der Waals surface area contributed by atoms with Crippen molar-refractivity contribution in [3.63, 3.8) is 0 Å². The fourth-order valence-corrected chi connectivity index (χ4v) is 3.09. The van der Waals surface area contributed by atoms with Crippen molar-refractivity contribution in [2.75, 3.05) is 18.9 Å². The van der Waals surface area contributed by atoms with Gasteiger partial charge in [-0.15, -0.1) is 0 Å². The minimum absolute atomic E-state index is 0.545. The molecular weight excluding hydrogens is 282 g/mol. The van der Waals surface area contributed by atoms with E-state index in [1.807, 2.05) is 12.1 Å².